The van der Waals surface area contributed by atoms with Gasteiger partial charge in [-0.3, -0.25) is 14.9 Å². The van der Waals surface area contributed by atoms with E-state index in [0.717, 1.165) is 0 Å². The van der Waals surface area contributed by atoms with Gasteiger partial charge >= 0.3 is 0 Å². The number of piperidine rings is 1. The molecule has 1 unspecified atom stereocenters. The van der Waals surface area contributed by atoms with Crippen LogP contribution in [0.3, 0.4) is 0 Å². The van der Waals surface area contributed by atoms with Crippen LogP contribution in [0.2, 0.25) is 5.02 Å². The van der Waals surface area contributed by atoms with Crippen molar-refractivity contribution < 1.29 is 9.59 Å². The molecule has 4 N–H and O–H groups in total. The van der Waals surface area contributed by atoms with Gasteiger partial charge in [0, 0.05) is 12.1 Å². The summed E-state index contributed by atoms with van der Waals surface area (Å²) in [5.41, 5.74) is 6.76. The number of benzene rings is 1. The van der Waals surface area contributed by atoms with Crippen LogP contribution in [0.15, 0.2) is 18.2 Å². The van der Waals surface area contributed by atoms with Crippen LogP contribution in [0.5, 0.6) is 0 Å². The summed E-state index contributed by atoms with van der Waals surface area (Å²) in [4.78, 5) is 22.5. The molecule has 0 aromatic heterocycles. The predicted octanol–water partition coefficient (Wildman–Crippen LogP) is 1.14. The molecule has 17 heavy (non-hydrogen) atoms. The van der Waals surface area contributed by atoms with Crippen LogP contribution >= 0.6 is 11.6 Å². The molecular weight excluding hydrogens is 242 g/mol. The number of halogens is 1. The topological polar surface area (TPSA) is 84.2 Å². The average molecular weight is 254 g/mol. The number of hydrogen-bond donors (Lipinski definition) is 3. The second kappa shape index (κ2) is 4.63. The van der Waals surface area contributed by atoms with Gasteiger partial charge in [-0.25, -0.2) is 0 Å². The van der Waals surface area contributed by atoms with Gasteiger partial charge in [-0.05, 0) is 24.6 Å². The summed E-state index contributed by atoms with van der Waals surface area (Å²) in [5.74, 6) is -0.564. The highest BCUT2D eigenvalue weighted by Gasteiger charge is 2.26. The molecule has 1 saturated heterocycles. The van der Waals surface area contributed by atoms with E-state index in [-0.39, 0.29) is 11.8 Å². The normalized spacial score (nSPS) is 19.9. The standard InChI is InChI=1S/C11H12ClN3O2/c12-7-5-6(13)1-2-8(7)14-9-3-4-10(16)15-11(9)17/h1-2,5,9,14H,3-4,13H2,(H,15,16,17). The van der Waals surface area contributed by atoms with E-state index in [4.69, 9.17) is 17.3 Å². The van der Waals surface area contributed by atoms with E-state index in [9.17, 15) is 9.59 Å². The van der Waals surface area contributed by atoms with E-state index in [1.165, 1.54) is 0 Å². The average Bonchev–Trinajstić information content (AvgIpc) is 2.25. The van der Waals surface area contributed by atoms with E-state index in [0.29, 0.717) is 29.2 Å². The van der Waals surface area contributed by atoms with Gasteiger partial charge in [-0.1, -0.05) is 11.6 Å². The molecule has 1 aromatic carbocycles. The van der Waals surface area contributed by atoms with Crippen molar-refractivity contribution in [3.05, 3.63) is 23.2 Å². The third-order valence-corrected chi connectivity index (χ3v) is 2.87. The fourth-order valence-electron chi connectivity index (χ4n) is 1.67. The van der Waals surface area contributed by atoms with Crippen molar-refractivity contribution >= 4 is 34.8 Å². The first-order chi connectivity index (χ1) is 8.06. The minimum atomic E-state index is -0.436. The van der Waals surface area contributed by atoms with Crippen molar-refractivity contribution in [2.24, 2.45) is 0 Å². The number of nitrogens with two attached hydrogens (primary N) is 1. The van der Waals surface area contributed by atoms with Gasteiger partial charge in [0.2, 0.25) is 11.8 Å². The third-order valence-electron chi connectivity index (χ3n) is 2.56. The quantitative estimate of drug-likeness (QED) is 0.545. The number of amides is 2. The molecule has 90 valence electrons. The second-order valence-corrected chi connectivity index (χ2v) is 4.29. The monoisotopic (exact) mass is 253 g/mol. The zero-order chi connectivity index (χ0) is 12.4. The van der Waals surface area contributed by atoms with E-state index in [2.05, 4.69) is 10.6 Å². The van der Waals surface area contributed by atoms with Gasteiger partial charge < -0.3 is 11.1 Å². The van der Waals surface area contributed by atoms with Crippen molar-refractivity contribution in [1.82, 2.24) is 5.32 Å². The largest absolute Gasteiger partial charge is 0.399 e. The molecule has 5 nitrogen and oxygen atoms in total. The maximum atomic E-state index is 11.5. The molecule has 0 aliphatic carbocycles. The second-order valence-electron chi connectivity index (χ2n) is 3.89. The molecule has 0 bridgehead atoms. The molecule has 2 rings (SSSR count). The lowest BCUT2D eigenvalue weighted by atomic mass is 10.1. The van der Waals surface area contributed by atoms with E-state index >= 15 is 0 Å². The van der Waals surface area contributed by atoms with E-state index in [1.54, 1.807) is 18.2 Å². The Morgan fingerprint density at radius 3 is 2.82 bits per heavy atom. The number of anilines is 2. The highest BCUT2D eigenvalue weighted by atomic mass is 35.5. The molecule has 1 aromatic rings. The summed E-state index contributed by atoms with van der Waals surface area (Å²) in [7, 11) is 0. The molecule has 1 atom stereocenters. The molecule has 1 aliphatic rings. The van der Waals surface area contributed by atoms with Gasteiger partial charge in [0.1, 0.15) is 6.04 Å². The van der Waals surface area contributed by atoms with Gasteiger partial charge in [0.15, 0.2) is 0 Å². The first kappa shape index (κ1) is 11.7. The first-order valence-electron chi connectivity index (χ1n) is 5.21. The lowest BCUT2D eigenvalue weighted by Gasteiger charge is -2.23. The van der Waals surface area contributed by atoms with Crippen molar-refractivity contribution in [3.63, 3.8) is 0 Å². The zero-order valence-corrected chi connectivity index (χ0v) is 9.75. The fraction of sp³-hybridized carbons (Fsp3) is 0.273. The minimum Gasteiger partial charge on any atom is -0.399 e. The summed E-state index contributed by atoms with van der Waals surface area (Å²) >= 11 is 5.98. The summed E-state index contributed by atoms with van der Waals surface area (Å²) in [5, 5.41) is 5.72. The lowest BCUT2D eigenvalue weighted by Crippen LogP contribution is -2.47. The highest BCUT2D eigenvalue weighted by molar-refractivity contribution is 6.33. The number of imide groups is 1. The molecule has 0 radical (unpaired) electrons. The molecule has 2 amide bonds. The molecule has 6 heteroatoms. The Bertz CT molecular complexity index is 476. The van der Waals surface area contributed by atoms with E-state index < -0.39 is 6.04 Å². The predicted molar refractivity (Wildman–Crippen MR) is 65.7 cm³/mol. The summed E-state index contributed by atoms with van der Waals surface area (Å²) in [6.45, 7) is 0. The third kappa shape index (κ3) is 2.68. The molecule has 1 fully saturated rings. The Kier molecular flexibility index (Phi) is 3.19. The number of carbonyl (C=O) groups is 2. The van der Waals surface area contributed by atoms with Crippen LogP contribution < -0.4 is 16.4 Å². The maximum Gasteiger partial charge on any atom is 0.249 e. The Labute approximate surface area is 103 Å². The Hall–Kier alpha value is -1.75. The van der Waals surface area contributed by atoms with Gasteiger partial charge in [-0.15, -0.1) is 0 Å². The van der Waals surface area contributed by atoms with Crippen LogP contribution in [0.25, 0.3) is 0 Å². The first-order valence-corrected chi connectivity index (χ1v) is 5.59. The van der Waals surface area contributed by atoms with Crippen LogP contribution in [-0.2, 0) is 9.59 Å². The Morgan fingerprint density at radius 1 is 1.41 bits per heavy atom. The smallest absolute Gasteiger partial charge is 0.249 e. The summed E-state index contributed by atoms with van der Waals surface area (Å²) in [6.07, 6.45) is 0.793. The van der Waals surface area contributed by atoms with Gasteiger partial charge in [-0.2, -0.15) is 0 Å². The SMILES string of the molecule is Nc1ccc(NC2CCC(=O)NC2=O)c(Cl)c1. The maximum absolute atomic E-state index is 11.5. The van der Waals surface area contributed by atoms with Crippen LogP contribution in [0, 0.1) is 0 Å². The van der Waals surface area contributed by atoms with Crippen molar-refractivity contribution in [3.8, 4) is 0 Å². The summed E-state index contributed by atoms with van der Waals surface area (Å²) in [6, 6.07) is 4.57. The molecular formula is C11H12ClN3O2. The Morgan fingerprint density at radius 2 is 2.18 bits per heavy atom. The lowest BCUT2D eigenvalue weighted by molar-refractivity contribution is -0.133. The fourth-order valence-corrected chi connectivity index (χ4v) is 1.91. The van der Waals surface area contributed by atoms with Gasteiger partial charge in [0.25, 0.3) is 0 Å². The van der Waals surface area contributed by atoms with Crippen LogP contribution in [0.1, 0.15) is 12.8 Å². The number of nitrogens with one attached hydrogen (secondary N) is 2. The minimum absolute atomic E-state index is 0.239. The Balaban J connectivity index is 2.10. The summed E-state index contributed by atoms with van der Waals surface area (Å²) < 4.78 is 0. The number of rotatable bonds is 2. The molecule has 0 spiro atoms. The zero-order valence-electron chi connectivity index (χ0n) is 9.00. The van der Waals surface area contributed by atoms with Crippen molar-refractivity contribution in [2.45, 2.75) is 18.9 Å². The van der Waals surface area contributed by atoms with Gasteiger partial charge in [0.05, 0.1) is 10.7 Å². The number of carbonyl (C=O) groups excluding carboxylic acids is 2. The molecule has 0 saturated carbocycles. The number of hydrogen-bond acceptors (Lipinski definition) is 4. The highest BCUT2D eigenvalue weighted by Crippen LogP contribution is 2.25. The molecule has 1 aliphatic heterocycles. The number of nitrogen functional groups attached to an aromatic ring is 1. The van der Waals surface area contributed by atoms with Crippen molar-refractivity contribution in [2.75, 3.05) is 11.1 Å². The van der Waals surface area contributed by atoms with Crippen LogP contribution in [-0.4, -0.2) is 17.9 Å². The van der Waals surface area contributed by atoms with Crippen molar-refractivity contribution in [1.29, 1.82) is 0 Å². The van der Waals surface area contributed by atoms with Crippen LogP contribution in [0.4, 0.5) is 11.4 Å². The van der Waals surface area contributed by atoms with E-state index in [1.807, 2.05) is 0 Å². The molecule has 1 heterocycles.